The van der Waals surface area contributed by atoms with Gasteiger partial charge in [-0.15, -0.1) is 0 Å². The van der Waals surface area contributed by atoms with Crippen molar-refractivity contribution in [1.82, 2.24) is 4.98 Å². The highest BCUT2D eigenvalue weighted by Crippen LogP contribution is 2.30. The third-order valence-corrected chi connectivity index (χ3v) is 4.30. The van der Waals surface area contributed by atoms with Gasteiger partial charge in [0.1, 0.15) is 0 Å². The van der Waals surface area contributed by atoms with Crippen LogP contribution in [0.3, 0.4) is 0 Å². The highest BCUT2D eigenvalue weighted by molar-refractivity contribution is 5.36. The van der Waals surface area contributed by atoms with Crippen molar-refractivity contribution in [3.63, 3.8) is 0 Å². The van der Waals surface area contributed by atoms with Crippen LogP contribution in [-0.2, 0) is 19.4 Å². The number of hydrogen-bond acceptors (Lipinski definition) is 3. The molecule has 1 fully saturated rings. The molecule has 98 valence electrons. The summed E-state index contributed by atoms with van der Waals surface area (Å²) in [6, 6.07) is 2.20. The Morgan fingerprint density at radius 2 is 2.17 bits per heavy atom. The molecule has 0 aromatic carbocycles. The van der Waals surface area contributed by atoms with E-state index >= 15 is 0 Å². The Kier molecular flexibility index (Phi) is 3.50. The second-order valence-electron chi connectivity index (χ2n) is 5.55. The van der Waals surface area contributed by atoms with Crippen LogP contribution in [-0.4, -0.2) is 11.6 Å². The maximum atomic E-state index is 5.87. The minimum Gasteiger partial charge on any atom is -0.477 e. The lowest BCUT2D eigenvalue weighted by Crippen LogP contribution is -2.15. The molecule has 0 amide bonds. The van der Waals surface area contributed by atoms with Gasteiger partial charge >= 0.3 is 0 Å². The first-order valence-corrected chi connectivity index (χ1v) is 7.21. The molecular formula is C15H22N2O. The zero-order valence-corrected chi connectivity index (χ0v) is 11.0. The molecule has 1 aromatic heterocycles. The van der Waals surface area contributed by atoms with Crippen molar-refractivity contribution in [2.24, 2.45) is 11.7 Å². The summed E-state index contributed by atoms with van der Waals surface area (Å²) in [5, 5.41) is 0. The van der Waals surface area contributed by atoms with Crippen LogP contribution in [0.2, 0.25) is 0 Å². The molecular weight excluding hydrogens is 224 g/mol. The van der Waals surface area contributed by atoms with Gasteiger partial charge in [0, 0.05) is 17.8 Å². The van der Waals surface area contributed by atoms with Crippen LogP contribution in [0.4, 0.5) is 0 Å². The summed E-state index contributed by atoms with van der Waals surface area (Å²) in [7, 11) is 0. The van der Waals surface area contributed by atoms with Crippen LogP contribution in [0, 0.1) is 5.92 Å². The predicted octanol–water partition coefficient (Wildman–Crippen LogP) is 2.60. The molecule has 2 aliphatic carbocycles. The number of nitrogens with two attached hydrogens (primary N) is 1. The van der Waals surface area contributed by atoms with E-state index in [0.717, 1.165) is 36.8 Å². The van der Waals surface area contributed by atoms with E-state index < -0.39 is 0 Å². The van der Waals surface area contributed by atoms with E-state index in [2.05, 4.69) is 11.1 Å². The van der Waals surface area contributed by atoms with Crippen molar-refractivity contribution in [2.75, 3.05) is 6.61 Å². The zero-order valence-electron chi connectivity index (χ0n) is 11.0. The third kappa shape index (κ3) is 2.37. The number of fused-ring (bicyclic) bond motifs is 1. The second kappa shape index (κ2) is 5.27. The molecule has 0 unspecified atom stereocenters. The molecule has 18 heavy (non-hydrogen) atoms. The molecule has 0 saturated heterocycles. The van der Waals surface area contributed by atoms with E-state index in [1.165, 1.54) is 43.4 Å². The SMILES string of the molecule is NCc1cc2c(nc1OCCC1CCC1)CCC2. The van der Waals surface area contributed by atoms with Gasteiger partial charge < -0.3 is 10.5 Å². The van der Waals surface area contributed by atoms with Gasteiger partial charge in [-0.3, -0.25) is 0 Å². The molecule has 0 atom stereocenters. The van der Waals surface area contributed by atoms with Gasteiger partial charge in [0.25, 0.3) is 0 Å². The number of hydrogen-bond donors (Lipinski definition) is 1. The summed E-state index contributed by atoms with van der Waals surface area (Å²) < 4.78 is 5.87. The molecule has 0 aliphatic heterocycles. The fraction of sp³-hybridized carbons (Fsp3) is 0.667. The first-order chi connectivity index (χ1) is 8.86. The highest BCUT2D eigenvalue weighted by Gasteiger charge is 2.19. The van der Waals surface area contributed by atoms with Crippen molar-refractivity contribution in [1.29, 1.82) is 0 Å². The zero-order chi connectivity index (χ0) is 12.4. The summed E-state index contributed by atoms with van der Waals surface area (Å²) in [5.41, 5.74) is 9.47. The van der Waals surface area contributed by atoms with Crippen molar-refractivity contribution in [2.45, 2.75) is 51.5 Å². The topological polar surface area (TPSA) is 48.1 Å². The average Bonchev–Trinajstić information content (AvgIpc) is 2.78. The van der Waals surface area contributed by atoms with E-state index in [-0.39, 0.29) is 0 Å². The molecule has 1 saturated carbocycles. The Labute approximate surface area is 109 Å². The molecule has 3 heteroatoms. The van der Waals surface area contributed by atoms with Gasteiger partial charge in [0.2, 0.25) is 5.88 Å². The number of ether oxygens (including phenoxy) is 1. The van der Waals surface area contributed by atoms with Crippen LogP contribution < -0.4 is 10.5 Å². The Bertz CT molecular complexity index is 427. The number of aryl methyl sites for hydroxylation is 2. The van der Waals surface area contributed by atoms with E-state index in [0.29, 0.717) is 6.54 Å². The first-order valence-electron chi connectivity index (χ1n) is 7.21. The first kappa shape index (κ1) is 12.0. The summed E-state index contributed by atoms with van der Waals surface area (Å²) >= 11 is 0. The van der Waals surface area contributed by atoms with E-state index in [4.69, 9.17) is 10.5 Å². The van der Waals surface area contributed by atoms with Crippen LogP contribution in [0.25, 0.3) is 0 Å². The Balaban J connectivity index is 1.65. The second-order valence-corrected chi connectivity index (χ2v) is 5.55. The normalized spacial score (nSPS) is 18.5. The summed E-state index contributed by atoms with van der Waals surface area (Å²) in [6.07, 6.45) is 8.79. The highest BCUT2D eigenvalue weighted by atomic mass is 16.5. The van der Waals surface area contributed by atoms with E-state index in [9.17, 15) is 0 Å². The van der Waals surface area contributed by atoms with Crippen molar-refractivity contribution in [3.8, 4) is 5.88 Å². The predicted molar refractivity (Wildman–Crippen MR) is 71.6 cm³/mol. The van der Waals surface area contributed by atoms with Crippen molar-refractivity contribution >= 4 is 0 Å². The molecule has 1 aromatic rings. The van der Waals surface area contributed by atoms with Crippen LogP contribution in [0.15, 0.2) is 6.07 Å². The van der Waals surface area contributed by atoms with Gasteiger partial charge in [-0.25, -0.2) is 4.98 Å². The van der Waals surface area contributed by atoms with Gasteiger partial charge in [0.05, 0.1) is 6.61 Å². The quantitative estimate of drug-likeness (QED) is 0.868. The standard InChI is InChI=1S/C15H22N2O/c16-10-13-9-12-5-2-6-14(12)17-15(13)18-8-7-11-3-1-4-11/h9,11H,1-8,10,16H2. The lowest BCUT2D eigenvalue weighted by Gasteiger charge is -2.25. The minimum absolute atomic E-state index is 0.527. The maximum absolute atomic E-state index is 5.87. The average molecular weight is 246 g/mol. The third-order valence-electron chi connectivity index (χ3n) is 4.30. The van der Waals surface area contributed by atoms with Crippen LogP contribution in [0.1, 0.15) is 48.9 Å². The van der Waals surface area contributed by atoms with Gasteiger partial charge in [-0.05, 0) is 43.2 Å². The van der Waals surface area contributed by atoms with E-state index in [1.54, 1.807) is 0 Å². The number of nitrogens with zero attached hydrogens (tertiary/aromatic N) is 1. The lowest BCUT2D eigenvalue weighted by atomic mass is 9.83. The molecule has 2 aliphatic rings. The number of rotatable bonds is 5. The van der Waals surface area contributed by atoms with E-state index in [1.807, 2.05) is 0 Å². The van der Waals surface area contributed by atoms with Gasteiger partial charge in [-0.2, -0.15) is 0 Å². The molecule has 0 spiro atoms. The molecule has 0 bridgehead atoms. The smallest absolute Gasteiger partial charge is 0.218 e. The lowest BCUT2D eigenvalue weighted by molar-refractivity contribution is 0.216. The van der Waals surface area contributed by atoms with Crippen LogP contribution >= 0.6 is 0 Å². The fourth-order valence-corrected chi connectivity index (χ4v) is 2.88. The van der Waals surface area contributed by atoms with Crippen molar-refractivity contribution < 1.29 is 4.74 Å². The molecule has 2 N–H and O–H groups in total. The summed E-state index contributed by atoms with van der Waals surface area (Å²) in [6.45, 7) is 1.32. The Morgan fingerprint density at radius 1 is 1.28 bits per heavy atom. The fourth-order valence-electron chi connectivity index (χ4n) is 2.88. The Hall–Kier alpha value is -1.09. The minimum atomic E-state index is 0.527. The van der Waals surface area contributed by atoms with Gasteiger partial charge in [-0.1, -0.05) is 19.3 Å². The monoisotopic (exact) mass is 246 g/mol. The molecule has 1 heterocycles. The molecule has 3 rings (SSSR count). The maximum Gasteiger partial charge on any atom is 0.218 e. The Morgan fingerprint density at radius 3 is 2.89 bits per heavy atom. The van der Waals surface area contributed by atoms with Crippen molar-refractivity contribution in [3.05, 3.63) is 22.9 Å². The summed E-state index contributed by atoms with van der Waals surface area (Å²) in [5.74, 6) is 1.68. The van der Waals surface area contributed by atoms with Crippen LogP contribution in [0.5, 0.6) is 5.88 Å². The number of aromatic nitrogens is 1. The van der Waals surface area contributed by atoms with Gasteiger partial charge in [0.15, 0.2) is 0 Å². The largest absolute Gasteiger partial charge is 0.477 e. The molecule has 3 nitrogen and oxygen atoms in total. The summed E-state index contributed by atoms with van der Waals surface area (Å²) in [4.78, 5) is 4.66. The molecule has 0 radical (unpaired) electrons. The number of pyridine rings is 1.